The number of nitrogens with two attached hydrogens (primary N) is 1. The maximum atomic E-state index is 13.9. The van der Waals surface area contributed by atoms with Gasteiger partial charge in [0, 0.05) is 25.7 Å². The number of hydrogen-bond acceptors (Lipinski definition) is 4. The summed E-state index contributed by atoms with van der Waals surface area (Å²) in [6.07, 6.45) is 1.22. The van der Waals surface area contributed by atoms with Gasteiger partial charge < -0.3 is 15.4 Å². The van der Waals surface area contributed by atoms with Crippen molar-refractivity contribution in [1.29, 1.82) is 0 Å². The molecule has 1 aliphatic rings. The minimum Gasteiger partial charge on any atom is -0.494 e. The van der Waals surface area contributed by atoms with E-state index in [2.05, 4.69) is 23.9 Å². The van der Waals surface area contributed by atoms with Crippen LogP contribution in [0.5, 0.6) is 5.75 Å². The number of ether oxygens (including phenoxy) is 1. The average molecular weight is 295 g/mol. The minimum atomic E-state index is -0.331. The second-order valence-corrected chi connectivity index (χ2v) is 6.00. The van der Waals surface area contributed by atoms with Gasteiger partial charge in [-0.3, -0.25) is 4.90 Å². The van der Waals surface area contributed by atoms with Crippen molar-refractivity contribution in [1.82, 2.24) is 9.80 Å². The first kappa shape index (κ1) is 16.2. The van der Waals surface area contributed by atoms with Gasteiger partial charge >= 0.3 is 0 Å². The fraction of sp³-hybridized carbons (Fsp3) is 0.625. The molecule has 1 aromatic rings. The molecule has 118 valence electrons. The topological polar surface area (TPSA) is 41.7 Å². The third kappa shape index (κ3) is 3.93. The molecule has 1 aliphatic heterocycles. The lowest BCUT2D eigenvalue weighted by Crippen LogP contribution is -2.35. The number of rotatable bonds is 6. The van der Waals surface area contributed by atoms with E-state index >= 15 is 0 Å². The molecule has 1 fully saturated rings. The second kappa shape index (κ2) is 7.20. The quantitative estimate of drug-likeness (QED) is 0.867. The number of likely N-dealkylation sites (tertiary alicyclic amines) is 1. The van der Waals surface area contributed by atoms with Crippen LogP contribution in [0, 0.1) is 11.7 Å². The lowest BCUT2D eigenvalue weighted by atomic mass is 10.0. The van der Waals surface area contributed by atoms with Crippen LogP contribution in [0.25, 0.3) is 0 Å². The third-order valence-electron chi connectivity index (χ3n) is 4.35. The molecular formula is C16H26FN3O. The van der Waals surface area contributed by atoms with Gasteiger partial charge in [-0.2, -0.15) is 0 Å². The molecule has 5 heteroatoms. The zero-order valence-corrected chi connectivity index (χ0v) is 13.2. The molecule has 0 bridgehead atoms. The molecular weight excluding hydrogens is 269 g/mol. The first-order valence-corrected chi connectivity index (χ1v) is 7.47. The molecule has 2 rings (SSSR count). The number of nitrogens with zero attached hydrogens (tertiary/aromatic N) is 2. The first-order valence-electron chi connectivity index (χ1n) is 7.47. The lowest BCUT2D eigenvalue weighted by Gasteiger charge is -2.29. The van der Waals surface area contributed by atoms with E-state index in [1.54, 1.807) is 6.07 Å². The SMILES string of the molecule is COc1ccc(C(CN)N(C)CC2CCN(C)C2)cc1F. The van der Waals surface area contributed by atoms with Crippen LogP contribution in [-0.4, -0.2) is 57.2 Å². The van der Waals surface area contributed by atoms with E-state index in [4.69, 9.17) is 10.5 Å². The first-order chi connectivity index (χ1) is 10.0. The van der Waals surface area contributed by atoms with Crippen molar-refractivity contribution in [2.24, 2.45) is 11.7 Å². The van der Waals surface area contributed by atoms with Gasteiger partial charge in [0.15, 0.2) is 11.6 Å². The highest BCUT2D eigenvalue weighted by molar-refractivity contribution is 5.31. The second-order valence-electron chi connectivity index (χ2n) is 6.00. The normalized spacial score (nSPS) is 21.0. The summed E-state index contributed by atoms with van der Waals surface area (Å²) in [5, 5.41) is 0. The van der Waals surface area contributed by atoms with Crippen LogP contribution in [0.2, 0.25) is 0 Å². The third-order valence-corrected chi connectivity index (χ3v) is 4.35. The molecule has 0 aliphatic carbocycles. The molecule has 0 radical (unpaired) electrons. The Morgan fingerprint density at radius 2 is 2.29 bits per heavy atom. The van der Waals surface area contributed by atoms with Gasteiger partial charge in [-0.1, -0.05) is 6.07 Å². The molecule has 2 N–H and O–H groups in total. The lowest BCUT2D eigenvalue weighted by molar-refractivity contribution is 0.211. The van der Waals surface area contributed by atoms with Gasteiger partial charge in [0.2, 0.25) is 0 Å². The Labute approximate surface area is 126 Å². The van der Waals surface area contributed by atoms with Crippen LogP contribution in [0.1, 0.15) is 18.0 Å². The maximum absolute atomic E-state index is 13.9. The monoisotopic (exact) mass is 295 g/mol. The molecule has 2 unspecified atom stereocenters. The summed E-state index contributed by atoms with van der Waals surface area (Å²) in [4.78, 5) is 4.59. The van der Waals surface area contributed by atoms with Crippen LogP contribution >= 0.6 is 0 Å². The summed E-state index contributed by atoms with van der Waals surface area (Å²) >= 11 is 0. The number of likely N-dealkylation sites (N-methyl/N-ethyl adjacent to an activating group) is 1. The molecule has 0 amide bonds. The smallest absolute Gasteiger partial charge is 0.165 e. The Morgan fingerprint density at radius 3 is 2.81 bits per heavy atom. The summed E-state index contributed by atoms with van der Waals surface area (Å²) in [6, 6.07) is 5.14. The van der Waals surface area contributed by atoms with Crippen LogP contribution in [0.15, 0.2) is 18.2 Å². The van der Waals surface area contributed by atoms with Crippen molar-refractivity contribution < 1.29 is 9.13 Å². The van der Waals surface area contributed by atoms with Gasteiger partial charge in [0.1, 0.15) is 0 Å². The summed E-state index contributed by atoms with van der Waals surface area (Å²) in [7, 11) is 5.69. The summed E-state index contributed by atoms with van der Waals surface area (Å²) in [6.45, 7) is 3.74. The van der Waals surface area contributed by atoms with E-state index in [-0.39, 0.29) is 17.6 Å². The van der Waals surface area contributed by atoms with Crippen LogP contribution < -0.4 is 10.5 Å². The van der Waals surface area contributed by atoms with Crippen LogP contribution in [0.3, 0.4) is 0 Å². The molecule has 0 saturated carbocycles. The maximum Gasteiger partial charge on any atom is 0.165 e. The molecule has 0 aromatic heterocycles. The van der Waals surface area contributed by atoms with E-state index in [0.29, 0.717) is 12.5 Å². The molecule has 21 heavy (non-hydrogen) atoms. The number of halogens is 1. The molecule has 0 spiro atoms. The van der Waals surface area contributed by atoms with Crippen molar-refractivity contribution in [2.45, 2.75) is 12.5 Å². The number of methoxy groups -OCH3 is 1. The fourth-order valence-corrected chi connectivity index (χ4v) is 3.17. The molecule has 2 atom stereocenters. The van der Waals surface area contributed by atoms with E-state index in [0.717, 1.165) is 25.2 Å². The fourth-order valence-electron chi connectivity index (χ4n) is 3.17. The van der Waals surface area contributed by atoms with Crippen molar-refractivity contribution in [3.05, 3.63) is 29.6 Å². The zero-order chi connectivity index (χ0) is 15.4. The Balaban J connectivity index is 2.05. The Hall–Kier alpha value is -1.17. The number of benzene rings is 1. The summed E-state index contributed by atoms with van der Waals surface area (Å²) < 4.78 is 18.8. The molecule has 1 heterocycles. The standard InChI is InChI=1S/C16H26FN3O/c1-19-7-6-12(10-19)11-20(2)15(9-18)13-4-5-16(21-3)14(17)8-13/h4-5,8,12,15H,6-7,9-11,18H2,1-3H3. The van der Waals surface area contributed by atoms with Crippen LogP contribution in [-0.2, 0) is 0 Å². The summed E-state index contributed by atoms with van der Waals surface area (Å²) in [5.41, 5.74) is 6.83. The predicted molar refractivity (Wildman–Crippen MR) is 83.0 cm³/mol. The average Bonchev–Trinajstić information content (AvgIpc) is 2.85. The highest BCUT2D eigenvalue weighted by Crippen LogP contribution is 2.26. The van der Waals surface area contributed by atoms with Crippen molar-refractivity contribution in [3.8, 4) is 5.75 Å². The van der Waals surface area contributed by atoms with Gasteiger partial charge in [-0.15, -0.1) is 0 Å². The highest BCUT2D eigenvalue weighted by atomic mass is 19.1. The zero-order valence-electron chi connectivity index (χ0n) is 13.2. The van der Waals surface area contributed by atoms with E-state index in [1.165, 1.54) is 19.6 Å². The minimum absolute atomic E-state index is 0.0383. The van der Waals surface area contributed by atoms with Crippen molar-refractivity contribution >= 4 is 0 Å². The summed E-state index contributed by atoms with van der Waals surface area (Å²) in [5.74, 6) is 0.606. The Morgan fingerprint density at radius 1 is 1.52 bits per heavy atom. The van der Waals surface area contributed by atoms with Gasteiger partial charge in [0.05, 0.1) is 7.11 Å². The number of hydrogen-bond donors (Lipinski definition) is 1. The predicted octanol–water partition coefficient (Wildman–Crippen LogP) is 1.72. The van der Waals surface area contributed by atoms with Gasteiger partial charge in [-0.05, 0) is 50.7 Å². The molecule has 1 saturated heterocycles. The van der Waals surface area contributed by atoms with Crippen LogP contribution in [0.4, 0.5) is 4.39 Å². The van der Waals surface area contributed by atoms with Gasteiger partial charge in [0.25, 0.3) is 0 Å². The van der Waals surface area contributed by atoms with Crippen molar-refractivity contribution in [3.63, 3.8) is 0 Å². The molecule has 4 nitrogen and oxygen atoms in total. The Kier molecular flexibility index (Phi) is 5.56. The van der Waals surface area contributed by atoms with E-state index < -0.39 is 0 Å². The van der Waals surface area contributed by atoms with Gasteiger partial charge in [-0.25, -0.2) is 4.39 Å². The van der Waals surface area contributed by atoms with E-state index in [1.807, 2.05) is 6.07 Å². The Bertz CT molecular complexity index is 469. The highest BCUT2D eigenvalue weighted by Gasteiger charge is 2.24. The molecule has 1 aromatic carbocycles. The van der Waals surface area contributed by atoms with Crippen molar-refractivity contribution in [2.75, 3.05) is 47.4 Å². The van der Waals surface area contributed by atoms with E-state index in [9.17, 15) is 4.39 Å². The largest absolute Gasteiger partial charge is 0.494 e.